The molecule has 0 N–H and O–H groups in total. The van der Waals surface area contributed by atoms with Crippen LogP contribution in [0.15, 0.2) is 162 Å². The minimum atomic E-state index is -0.186. The minimum Gasteiger partial charge on any atom is -0.456 e. The lowest BCUT2D eigenvalue weighted by atomic mass is 9.33. The molecule has 4 aliphatic rings. The molecule has 1 fully saturated rings. The number of para-hydroxylation sites is 1. The van der Waals surface area contributed by atoms with Gasteiger partial charge in [0.05, 0.1) is 11.2 Å². The lowest BCUT2D eigenvalue weighted by molar-refractivity contribution is 0.195. The second-order valence-corrected chi connectivity index (χ2v) is 27.8. The fourth-order valence-corrected chi connectivity index (χ4v) is 14.1. The number of nitrogens with zero attached hydrogens (tertiary/aromatic N) is 3. The smallest absolute Gasteiger partial charge is 0.252 e. The van der Waals surface area contributed by atoms with E-state index in [2.05, 4.69) is 269 Å². The largest absolute Gasteiger partial charge is 0.456 e. The second kappa shape index (κ2) is 16.8. The summed E-state index contributed by atoms with van der Waals surface area (Å²) in [5.74, 6) is 0. The van der Waals surface area contributed by atoms with Gasteiger partial charge in [-0.15, -0.1) is 0 Å². The third kappa shape index (κ3) is 7.52. The Morgan fingerprint density at radius 2 is 0.961 bits per heavy atom. The molecule has 1 aromatic heterocycles. The van der Waals surface area contributed by atoms with Gasteiger partial charge in [-0.1, -0.05) is 194 Å². The SMILES string of the molecule is CC(C)(C)c1ccc(N2c3cc(C(C)(C)C)ccc3B3c4ccc(C(C)(C)C)cc4N(c4ccc5c(c4)oc4ccccc45)c4cc(N5c6ccc(C(C)(C)C)cc6C6(C)CCCCC56C)cc2c43)c(-c2ccccc2)c1. The van der Waals surface area contributed by atoms with Crippen LogP contribution in [0.3, 0.4) is 0 Å². The molecule has 0 saturated heterocycles. The molecule has 9 aromatic rings. The zero-order valence-corrected chi connectivity index (χ0v) is 48.2. The number of benzene rings is 8. The number of fused-ring (bicyclic) bond motifs is 10. The Labute approximate surface area is 459 Å². The monoisotopic (exact) mass is 1010 g/mol. The van der Waals surface area contributed by atoms with Crippen LogP contribution in [0.25, 0.3) is 33.1 Å². The number of anilines is 8. The van der Waals surface area contributed by atoms with Gasteiger partial charge in [0.15, 0.2) is 0 Å². The van der Waals surface area contributed by atoms with E-state index in [1.807, 2.05) is 0 Å². The average molecular weight is 1010 g/mol. The quantitative estimate of drug-likeness (QED) is 0.164. The van der Waals surface area contributed by atoms with E-state index in [4.69, 9.17) is 4.42 Å². The van der Waals surface area contributed by atoms with E-state index in [0.717, 1.165) is 40.5 Å². The summed E-state index contributed by atoms with van der Waals surface area (Å²) in [6.07, 6.45) is 4.69. The summed E-state index contributed by atoms with van der Waals surface area (Å²) in [6.45, 7) is 33.4. The Hall–Kier alpha value is -6.98. The van der Waals surface area contributed by atoms with Crippen molar-refractivity contribution in [1.29, 1.82) is 0 Å². The molecule has 388 valence electrons. The molecule has 2 atom stereocenters. The number of rotatable bonds is 4. The van der Waals surface area contributed by atoms with Gasteiger partial charge in [-0.3, -0.25) is 0 Å². The Bertz CT molecular complexity index is 3870. The first-order valence-electron chi connectivity index (χ1n) is 28.6. The van der Waals surface area contributed by atoms with Crippen LogP contribution in [-0.2, 0) is 27.1 Å². The fraction of sp³-hybridized carbons (Fsp3) is 0.333. The zero-order valence-electron chi connectivity index (χ0n) is 48.2. The highest BCUT2D eigenvalue weighted by Crippen LogP contribution is 2.62. The number of furan rings is 1. The van der Waals surface area contributed by atoms with Crippen molar-refractivity contribution in [2.45, 2.75) is 155 Å². The first kappa shape index (κ1) is 49.6. The normalized spacial score (nSPS) is 19.1. The maximum Gasteiger partial charge on any atom is 0.252 e. The highest BCUT2D eigenvalue weighted by Gasteiger charge is 2.58. The van der Waals surface area contributed by atoms with Gasteiger partial charge in [0.25, 0.3) is 6.71 Å². The number of hydrogen-bond acceptors (Lipinski definition) is 4. The van der Waals surface area contributed by atoms with Crippen LogP contribution >= 0.6 is 0 Å². The van der Waals surface area contributed by atoms with Crippen LogP contribution in [0.4, 0.5) is 45.5 Å². The van der Waals surface area contributed by atoms with Gasteiger partial charge in [0, 0.05) is 67.6 Å². The van der Waals surface area contributed by atoms with E-state index in [9.17, 15) is 0 Å². The summed E-state index contributed by atoms with van der Waals surface area (Å²) in [5.41, 5.74) is 24.3. The van der Waals surface area contributed by atoms with E-state index in [1.54, 1.807) is 0 Å². The first-order valence-corrected chi connectivity index (χ1v) is 28.6. The maximum atomic E-state index is 6.78. The van der Waals surface area contributed by atoms with Crippen molar-refractivity contribution in [3.8, 4) is 11.1 Å². The molecular formula is C72H76BN3O. The van der Waals surface area contributed by atoms with Crippen molar-refractivity contribution < 1.29 is 4.42 Å². The lowest BCUT2D eigenvalue weighted by Gasteiger charge is -2.51. The molecule has 1 saturated carbocycles. The predicted molar refractivity (Wildman–Crippen MR) is 331 cm³/mol. The molecule has 3 aliphatic heterocycles. The summed E-state index contributed by atoms with van der Waals surface area (Å²) in [6, 6.07) is 61.4. The number of hydrogen-bond donors (Lipinski definition) is 0. The topological polar surface area (TPSA) is 22.9 Å². The molecule has 0 amide bonds. The molecule has 13 rings (SSSR count). The third-order valence-corrected chi connectivity index (χ3v) is 18.8. The highest BCUT2D eigenvalue weighted by molar-refractivity contribution is 7.00. The highest BCUT2D eigenvalue weighted by atomic mass is 16.3. The van der Waals surface area contributed by atoms with Crippen LogP contribution < -0.4 is 31.1 Å². The van der Waals surface area contributed by atoms with Crippen LogP contribution in [0.5, 0.6) is 0 Å². The van der Waals surface area contributed by atoms with Crippen molar-refractivity contribution in [1.82, 2.24) is 0 Å². The third-order valence-electron chi connectivity index (χ3n) is 18.8. The molecule has 5 heteroatoms. The van der Waals surface area contributed by atoms with E-state index in [0.29, 0.717) is 0 Å². The van der Waals surface area contributed by atoms with Crippen molar-refractivity contribution >= 4 is 90.5 Å². The molecule has 77 heavy (non-hydrogen) atoms. The summed E-state index contributed by atoms with van der Waals surface area (Å²) < 4.78 is 6.78. The van der Waals surface area contributed by atoms with Gasteiger partial charge >= 0.3 is 0 Å². The molecule has 8 aromatic carbocycles. The van der Waals surface area contributed by atoms with Gasteiger partial charge in [0.1, 0.15) is 11.2 Å². The first-order chi connectivity index (χ1) is 36.4. The van der Waals surface area contributed by atoms with Crippen molar-refractivity contribution in [3.05, 3.63) is 186 Å². The van der Waals surface area contributed by atoms with Crippen molar-refractivity contribution in [2.75, 3.05) is 14.7 Å². The van der Waals surface area contributed by atoms with E-state index in [-0.39, 0.29) is 39.3 Å². The van der Waals surface area contributed by atoms with Crippen LogP contribution in [0.1, 0.15) is 150 Å². The van der Waals surface area contributed by atoms with Gasteiger partial charge in [-0.2, -0.15) is 0 Å². The van der Waals surface area contributed by atoms with Crippen molar-refractivity contribution in [3.63, 3.8) is 0 Å². The van der Waals surface area contributed by atoms with E-state index < -0.39 is 0 Å². The van der Waals surface area contributed by atoms with Gasteiger partial charge in [-0.05, 0) is 152 Å². The van der Waals surface area contributed by atoms with Crippen molar-refractivity contribution in [2.24, 2.45) is 0 Å². The predicted octanol–water partition coefficient (Wildman–Crippen LogP) is 18.3. The molecule has 0 radical (unpaired) electrons. The molecule has 0 spiro atoms. The van der Waals surface area contributed by atoms with Gasteiger partial charge < -0.3 is 19.1 Å². The zero-order chi connectivity index (χ0) is 53.9. The summed E-state index contributed by atoms with van der Waals surface area (Å²) in [4.78, 5) is 8.13. The van der Waals surface area contributed by atoms with Gasteiger partial charge in [-0.25, -0.2) is 0 Å². The molecule has 4 nitrogen and oxygen atoms in total. The molecule has 2 unspecified atom stereocenters. The maximum absolute atomic E-state index is 6.78. The lowest BCUT2D eigenvalue weighted by Crippen LogP contribution is -2.61. The summed E-state index contributed by atoms with van der Waals surface area (Å²) >= 11 is 0. The van der Waals surface area contributed by atoms with Gasteiger partial charge in [0.2, 0.25) is 0 Å². The Morgan fingerprint density at radius 1 is 0.429 bits per heavy atom. The fourth-order valence-electron chi connectivity index (χ4n) is 14.1. The molecule has 4 heterocycles. The molecule has 1 aliphatic carbocycles. The van der Waals surface area contributed by atoms with Crippen LogP contribution in [0.2, 0.25) is 0 Å². The molecule has 0 bridgehead atoms. The molecular weight excluding hydrogens is 934 g/mol. The Balaban J connectivity index is 1.19. The second-order valence-electron chi connectivity index (χ2n) is 27.8. The average Bonchev–Trinajstić information content (AvgIpc) is 3.74. The summed E-state index contributed by atoms with van der Waals surface area (Å²) in [7, 11) is 0. The van der Waals surface area contributed by atoms with Crippen LogP contribution in [0, 0.1) is 0 Å². The van der Waals surface area contributed by atoms with E-state index >= 15 is 0 Å². The Kier molecular flexibility index (Phi) is 10.8. The van der Waals surface area contributed by atoms with Crippen LogP contribution in [-0.4, -0.2) is 12.3 Å². The summed E-state index contributed by atoms with van der Waals surface area (Å²) in [5, 5.41) is 2.27. The Morgan fingerprint density at radius 3 is 1.61 bits per heavy atom. The minimum absolute atomic E-state index is 0.0222. The van der Waals surface area contributed by atoms with E-state index in [1.165, 1.54) is 108 Å². The standard InChI is InChI=1S/C72H76BN3O/c1-67(2,3)46-28-34-58(54(38-46)45-22-16-15-17-23-45)75-61-41-49(70(10,11)12)27-33-57(61)73-56-32-26-48(69(7,8)9)40-60(56)74(50-30-31-53-52-24-18-19-25-64(52)77-65(53)44-50)62-42-51(43-63(75)66(62)73)76-59-35-29-47(68(4,5)6)39-55(59)71(13)36-20-21-37-72(71,76)14/h15-19,22-35,38-44H,20-21,36-37H2,1-14H3.